The second-order valence-corrected chi connectivity index (χ2v) is 5.06. The standard InChI is InChI=1S/C14H18FN3S/c1-2-11-10-19-14(17-11)18(9-5-8-16)13-7-4-3-6-12(13)15/h3-4,6-7,10H,2,5,8-9,16H2,1H3. The molecular formula is C14H18FN3S. The van der Waals surface area contributed by atoms with Crippen LogP contribution in [-0.4, -0.2) is 18.1 Å². The minimum atomic E-state index is -0.229. The molecule has 102 valence electrons. The van der Waals surface area contributed by atoms with Gasteiger partial charge < -0.3 is 10.6 Å². The van der Waals surface area contributed by atoms with Crippen molar-refractivity contribution in [2.75, 3.05) is 18.0 Å². The van der Waals surface area contributed by atoms with Gasteiger partial charge in [0.1, 0.15) is 5.82 Å². The second-order valence-electron chi connectivity index (χ2n) is 4.22. The number of aryl methyl sites for hydroxylation is 1. The molecule has 0 saturated heterocycles. The summed E-state index contributed by atoms with van der Waals surface area (Å²) in [6.45, 7) is 3.32. The Morgan fingerprint density at radius 3 is 2.79 bits per heavy atom. The third-order valence-electron chi connectivity index (χ3n) is 2.86. The Hall–Kier alpha value is -1.46. The van der Waals surface area contributed by atoms with Crippen LogP contribution in [0.4, 0.5) is 15.2 Å². The zero-order valence-electron chi connectivity index (χ0n) is 11.0. The highest BCUT2D eigenvalue weighted by Gasteiger charge is 2.15. The van der Waals surface area contributed by atoms with Crippen molar-refractivity contribution in [2.24, 2.45) is 5.73 Å². The molecule has 0 radical (unpaired) electrons. The van der Waals surface area contributed by atoms with Crippen molar-refractivity contribution in [1.29, 1.82) is 0 Å². The first-order valence-corrected chi connectivity index (χ1v) is 7.30. The van der Waals surface area contributed by atoms with Crippen molar-refractivity contribution in [3.05, 3.63) is 41.2 Å². The van der Waals surface area contributed by atoms with Gasteiger partial charge in [-0.15, -0.1) is 11.3 Å². The first-order valence-electron chi connectivity index (χ1n) is 6.42. The molecule has 0 aliphatic carbocycles. The molecule has 0 unspecified atom stereocenters. The molecule has 2 N–H and O–H groups in total. The van der Waals surface area contributed by atoms with E-state index in [0.717, 1.165) is 23.7 Å². The summed E-state index contributed by atoms with van der Waals surface area (Å²) in [5, 5.41) is 2.85. The number of para-hydroxylation sites is 1. The lowest BCUT2D eigenvalue weighted by atomic mass is 10.2. The molecule has 2 aromatic rings. The molecule has 5 heteroatoms. The molecule has 0 saturated carbocycles. The Morgan fingerprint density at radius 1 is 1.37 bits per heavy atom. The average Bonchev–Trinajstić information content (AvgIpc) is 2.90. The van der Waals surface area contributed by atoms with Crippen molar-refractivity contribution in [2.45, 2.75) is 19.8 Å². The van der Waals surface area contributed by atoms with Crippen LogP contribution in [0.5, 0.6) is 0 Å². The van der Waals surface area contributed by atoms with Gasteiger partial charge in [-0.2, -0.15) is 0 Å². The molecule has 0 amide bonds. The number of nitrogens with two attached hydrogens (primary N) is 1. The van der Waals surface area contributed by atoms with Gasteiger partial charge in [0.2, 0.25) is 0 Å². The lowest BCUT2D eigenvalue weighted by molar-refractivity contribution is 0.623. The van der Waals surface area contributed by atoms with E-state index in [1.54, 1.807) is 23.5 Å². The maximum atomic E-state index is 13.9. The molecule has 1 aromatic carbocycles. The number of halogens is 1. The van der Waals surface area contributed by atoms with E-state index in [0.29, 0.717) is 18.8 Å². The summed E-state index contributed by atoms with van der Waals surface area (Å²) in [6.07, 6.45) is 1.69. The molecule has 19 heavy (non-hydrogen) atoms. The molecule has 2 rings (SSSR count). The molecule has 1 heterocycles. The number of hydrogen-bond donors (Lipinski definition) is 1. The van der Waals surface area contributed by atoms with Crippen molar-refractivity contribution < 1.29 is 4.39 Å². The molecule has 0 aliphatic rings. The van der Waals surface area contributed by atoms with Crippen LogP contribution in [0.3, 0.4) is 0 Å². The predicted octanol–water partition coefficient (Wildman–Crippen LogP) is 3.33. The number of nitrogens with zero attached hydrogens (tertiary/aromatic N) is 2. The van der Waals surface area contributed by atoms with Crippen LogP contribution in [0.15, 0.2) is 29.6 Å². The molecule has 3 nitrogen and oxygen atoms in total. The number of rotatable bonds is 6. The lowest BCUT2D eigenvalue weighted by Gasteiger charge is -2.22. The van der Waals surface area contributed by atoms with Crippen LogP contribution < -0.4 is 10.6 Å². The quantitative estimate of drug-likeness (QED) is 0.882. The third-order valence-corrected chi connectivity index (χ3v) is 3.77. The first-order chi connectivity index (χ1) is 9.26. The van der Waals surface area contributed by atoms with Crippen LogP contribution in [-0.2, 0) is 6.42 Å². The van der Waals surface area contributed by atoms with Crippen LogP contribution >= 0.6 is 11.3 Å². The van der Waals surface area contributed by atoms with Gasteiger partial charge in [-0.25, -0.2) is 9.37 Å². The Labute approximate surface area is 116 Å². The zero-order chi connectivity index (χ0) is 13.7. The van der Waals surface area contributed by atoms with Crippen molar-refractivity contribution in [1.82, 2.24) is 4.98 Å². The Balaban J connectivity index is 2.32. The normalized spacial score (nSPS) is 10.7. The van der Waals surface area contributed by atoms with Gasteiger partial charge >= 0.3 is 0 Å². The van der Waals surface area contributed by atoms with Gasteiger partial charge in [0.15, 0.2) is 5.13 Å². The molecule has 0 atom stereocenters. The van der Waals surface area contributed by atoms with Crippen molar-refractivity contribution in [3.8, 4) is 0 Å². The summed E-state index contributed by atoms with van der Waals surface area (Å²) in [7, 11) is 0. The van der Waals surface area contributed by atoms with E-state index in [1.165, 1.54) is 6.07 Å². The minimum absolute atomic E-state index is 0.229. The summed E-state index contributed by atoms with van der Waals surface area (Å²) in [6, 6.07) is 6.78. The smallest absolute Gasteiger partial charge is 0.190 e. The van der Waals surface area contributed by atoms with Crippen molar-refractivity contribution in [3.63, 3.8) is 0 Å². The highest BCUT2D eigenvalue weighted by molar-refractivity contribution is 7.13. The molecule has 0 aliphatic heterocycles. The van der Waals surface area contributed by atoms with Crippen LogP contribution in [0.1, 0.15) is 19.0 Å². The van der Waals surface area contributed by atoms with Crippen molar-refractivity contribution >= 4 is 22.2 Å². The Morgan fingerprint density at radius 2 is 2.16 bits per heavy atom. The first kappa shape index (κ1) is 14.0. The summed E-state index contributed by atoms with van der Waals surface area (Å²) >= 11 is 1.54. The van der Waals surface area contributed by atoms with E-state index >= 15 is 0 Å². The van der Waals surface area contributed by atoms with E-state index in [4.69, 9.17) is 5.73 Å². The Bertz CT molecular complexity index is 527. The van der Waals surface area contributed by atoms with Crippen LogP contribution in [0.25, 0.3) is 0 Å². The topological polar surface area (TPSA) is 42.1 Å². The van der Waals surface area contributed by atoms with Crippen LogP contribution in [0, 0.1) is 5.82 Å². The maximum Gasteiger partial charge on any atom is 0.190 e. The molecule has 1 aromatic heterocycles. The van der Waals surface area contributed by atoms with Gasteiger partial charge in [0, 0.05) is 11.9 Å². The van der Waals surface area contributed by atoms with Crippen LogP contribution in [0.2, 0.25) is 0 Å². The summed E-state index contributed by atoms with van der Waals surface area (Å²) in [5.74, 6) is -0.229. The van der Waals surface area contributed by atoms with E-state index in [1.807, 2.05) is 16.3 Å². The van der Waals surface area contributed by atoms with Gasteiger partial charge in [0.05, 0.1) is 11.4 Å². The van der Waals surface area contributed by atoms with E-state index in [-0.39, 0.29) is 5.82 Å². The highest BCUT2D eigenvalue weighted by atomic mass is 32.1. The number of anilines is 2. The molecule has 0 fully saturated rings. The third kappa shape index (κ3) is 3.30. The van der Waals surface area contributed by atoms with Gasteiger partial charge in [0.25, 0.3) is 0 Å². The fourth-order valence-corrected chi connectivity index (χ4v) is 2.77. The number of thiazole rings is 1. The minimum Gasteiger partial charge on any atom is -0.330 e. The Kier molecular flexibility index (Phi) is 4.87. The average molecular weight is 279 g/mol. The maximum absolute atomic E-state index is 13.9. The monoisotopic (exact) mass is 279 g/mol. The van der Waals surface area contributed by atoms with Gasteiger partial charge in [-0.1, -0.05) is 19.1 Å². The second kappa shape index (κ2) is 6.63. The number of benzene rings is 1. The highest BCUT2D eigenvalue weighted by Crippen LogP contribution is 2.30. The fraction of sp³-hybridized carbons (Fsp3) is 0.357. The summed E-state index contributed by atoms with van der Waals surface area (Å²) in [4.78, 5) is 6.45. The number of hydrogen-bond acceptors (Lipinski definition) is 4. The molecular weight excluding hydrogens is 261 g/mol. The number of aromatic nitrogens is 1. The van der Waals surface area contributed by atoms with Gasteiger partial charge in [-0.3, -0.25) is 0 Å². The largest absolute Gasteiger partial charge is 0.330 e. The van der Waals surface area contributed by atoms with E-state index in [9.17, 15) is 4.39 Å². The zero-order valence-corrected chi connectivity index (χ0v) is 11.8. The summed E-state index contributed by atoms with van der Waals surface area (Å²) in [5.41, 5.74) is 7.16. The van der Waals surface area contributed by atoms with E-state index in [2.05, 4.69) is 11.9 Å². The summed E-state index contributed by atoms with van der Waals surface area (Å²) < 4.78 is 13.9. The predicted molar refractivity (Wildman–Crippen MR) is 78.6 cm³/mol. The lowest BCUT2D eigenvalue weighted by Crippen LogP contribution is -2.21. The SMILES string of the molecule is CCc1csc(N(CCCN)c2ccccc2F)n1. The molecule has 0 bridgehead atoms. The van der Waals surface area contributed by atoms with Gasteiger partial charge in [-0.05, 0) is 31.5 Å². The molecule has 0 spiro atoms. The fourth-order valence-electron chi connectivity index (χ4n) is 1.82. The van der Waals surface area contributed by atoms with E-state index < -0.39 is 0 Å².